The van der Waals surface area contributed by atoms with E-state index in [9.17, 15) is 18.0 Å². The molecule has 1 N–H and O–H groups in total. The zero-order valence-corrected chi connectivity index (χ0v) is 23.7. The van der Waals surface area contributed by atoms with Crippen LogP contribution >= 0.6 is 11.6 Å². The lowest BCUT2D eigenvalue weighted by molar-refractivity contribution is -0.140. The molecule has 37 heavy (non-hydrogen) atoms. The van der Waals surface area contributed by atoms with Gasteiger partial charge in [0.05, 0.1) is 11.9 Å². The van der Waals surface area contributed by atoms with E-state index in [1.165, 1.54) is 11.3 Å². The average molecular weight is 548 g/mol. The van der Waals surface area contributed by atoms with Gasteiger partial charge >= 0.3 is 0 Å². The monoisotopic (exact) mass is 547 g/mol. The normalized spacial score (nSPS) is 15.2. The topological polar surface area (TPSA) is 86.8 Å². The molecule has 0 radical (unpaired) electrons. The Morgan fingerprint density at radius 3 is 2.16 bits per heavy atom. The number of anilines is 1. The Morgan fingerprint density at radius 2 is 1.62 bits per heavy atom. The van der Waals surface area contributed by atoms with E-state index >= 15 is 0 Å². The number of halogens is 1. The van der Waals surface area contributed by atoms with Crippen LogP contribution in [0.5, 0.6) is 0 Å². The minimum atomic E-state index is -3.78. The highest BCUT2D eigenvalue weighted by Gasteiger charge is 2.33. The largest absolute Gasteiger partial charge is 0.352 e. The van der Waals surface area contributed by atoms with Gasteiger partial charge in [-0.25, -0.2) is 8.42 Å². The molecule has 1 aliphatic carbocycles. The van der Waals surface area contributed by atoms with E-state index in [-0.39, 0.29) is 18.5 Å². The molecular formula is C28H38ClN3O4S. The van der Waals surface area contributed by atoms with Crippen molar-refractivity contribution in [2.24, 2.45) is 0 Å². The second-order valence-corrected chi connectivity index (χ2v) is 12.3. The molecule has 2 aromatic rings. The zero-order chi connectivity index (χ0) is 27.2. The maximum atomic E-state index is 13.9. The third-order valence-electron chi connectivity index (χ3n) is 6.97. The summed E-state index contributed by atoms with van der Waals surface area (Å²) >= 11 is 6.06. The van der Waals surface area contributed by atoms with Crippen LogP contribution in [0.15, 0.2) is 42.5 Å². The number of hydrogen-bond donors (Lipinski definition) is 1. The number of carbonyl (C=O) groups excluding carboxylic acids is 2. The summed E-state index contributed by atoms with van der Waals surface area (Å²) in [6, 6.07) is 12.0. The Kier molecular flexibility index (Phi) is 10.0. The lowest BCUT2D eigenvalue weighted by Crippen LogP contribution is -2.54. The van der Waals surface area contributed by atoms with Gasteiger partial charge in [0.15, 0.2) is 0 Å². The van der Waals surface area contributed by atoms with E-state index in [1.807, 2.05) is 51.1 Å². The van der Waals surface area contributed by atoms with Gasteiger partial charge in [-0.05, 0) is 61.9 Å². The maximum absolute atomic E-state index is 13.9. The minimum Gasteiger partial charge on any atom is -0.352 e. The summed E-state index contributed by atoms with van der Waals surface area (Å²) in [5, 5.41) is 3.72. The van der Waals surface area contributed by atoms with Crippen molar-refractivity contribution in [1.82, 2.24) is 10.2 Å². The van der Waals surface area contributed by atoms with Crippen LogP contribution in [0.2, 0.25) is 5.02 Å². The van der Waals surface area contributed by atoms with Gasteiger partial charge in [0, 0.05) is 17.6 Å². The van der Waals surface area contributed by atoms with E-state index in [4.69, 9.17) is 11.6 Å². The van der Waals surface area contributed by atoms with Crippen LogP contribution in [0, 0.1) is 13.8 Å². The molecule has 9 heteroatoms. The number of nitrogens with zero attached hydrogens (tertiary/aromatic N) is 2. The van der Waals surface area contributed by atoms with Gasteiger partial charge in [0.2, 0.25) is 21.8 Å². The third kappa shape index (κ3) is 7.71. The molecule has 0 spiro atoms. The van der Waals surface area contributed by atoms with E-state index in [2.05, 4.69) is 5.32 Å². The minimum absolute atomic E-state index is 0.102. The van der Waals surface area contributed by atoms with Crippen molar-refractivity contribution >= 4 is 39.1 Å². The average Bonchev–Trinajstić information content (AvgIpc) is 2.84. The molecule has 1 fully saturated rings. The highest BCUT2D eigenvalue weighted by molar-refractivity contribution is 7.92. The molecule has 0 saturated heterocycles. The molecule has 1 atom stereocenters. The number of carbonyl (C=O) groups is 2. The van der Waals surface area contributed by atoms with E-state index in [0.717, 1.165) is 52.9 Å². The Labute approximate surface area is 226 Å². The Bertz CT molecular complexity index is 1170. The molecule has 202 valence electrons. The molecule has 0 aliphatic heterocycles. The number of benzene rings is 2. The first-order chi connectivity index (χ1) is 17.5. The standard InChI is InChI=1S/C28H38ClN3O4S/c1-5-25(28(34)30-24-12-7-6-8-13-24)31(18-22-14-16-23(29)17-15-22)26(33)19-32(37(4,35)36)27-20(2)10-9-11-21(27)3/h9-11,14-17,24-25H,5-8,12-13,18-19H2,1-4H3,(H,30,34)/t25-/m0/s1. The maximum Gasteiger partial charge on any atom is 0.244 e. The molecule has 2 aromatic carbocycles. The van der Waals surface area contributed by atoms with Crippen LogP contribution in [0.3, 0.4) is 0 Å². The van der Waals surface area contributed by atoms with E-state index < -0.39 is 28.5 Å². The fourth-order valence-corrected chi connectivity index (χ4v) is 6.12. The number of nitrogens with one attached hydrogen (secondary N) is 1. The number of amides is 2. The van der Waals surface area contributed by atoms with Crippen molar-refractivity contribution in [2.45, 2.75) is 77.9 Å². The van der Waals surface area contributed by atoms with Gasteiger partial charge in [-0.2, -0.15) is 0 Å². The van der Waals surface area contributed by atoms with Crippen LogP contribution < -0.4 is 9.62 Å². The van der Waals surface area contributed by atoms with E-state index in [0.29, 0.717) is 17.1 Å². The Morgan fingerprint density at radius 1 is 1.03 bits per heavy atom. The fraction of sp³-hybridized carbons (Fsp3) is 0.500. The van der Waals surface area contributed by atoms with Crippen LogP contribution in [0.1, 0.15) is 62.1 Å². The Balaban J connectivity index is 1.94. The van der Waals surface area contributed by atoms with Crippen LogP contribution in [-0.2, 0) is 26.2 Å². The summed E-state index contributed by atoms with van der Waals surface area (Å²) < 4.78 is 26.9. The Hall–Kier alpha value is -2.58. The predicted molar refractivity (Wildman–Crippen MR) is 149 cm³/mol. The van der Waals surface area contributed by atoms with Crippen molar-refractivity contribution in [3.05, 3.63) is 64.2 Å². The first-order valence-electron chi connectivity index (χ1n) is 12.9. The molecular weight excluding hydrogens is 510 g/mol. The lowest BCUT2D eigenvalue weighted by atomic mass is 9.95. The van der Waals surface area contributed by atoms with Crippen LogP contribution in [-0.4, -0.2) is 50.0 Å². The van der Waals surface area contributed by atoms with Gasteiger partial charge in [0.1, 0.15) is 12.6 Å². The summed E-state index contributed by atoms with van der Waals surface area (Å²) in [4.78, 5) is 28.8. The third-order valence-corrected chi connectivity index (χ3v) is 8.34. The number of sulfonamides is 1. The molecule has 2 amide bonds. The lowest BCUT2D eigenvalue weighted by Gasteiger charge is -2.34. The van der Waals surface area contributed by atoms with E-state index in [1.54, 1.807) is 12.1 Å². The smallest absolute Gasteiger partial charge is 0.244 e. The predicted octanol–water partition coefficient (Wildman–Crippen LogP) is 4.98. The van der Waals surface area contributed by atoms with Crippen molar-refractivity contribution in [1.29, 1.82) is 0 Å². The van der Waals surface area contributed by atoms with Crippen molar-refractivity contribution in [2.75, 3.05) is 17.1 Å². The van der Waals surface area contributed by atoms with Crippen molar-refractivity contribution < 1.29 is 18.0 Å². The van der Waals surface area contributed by atoms with Gasteiger partial charge in [-0.1, -0.05) is 68.1 Å². The fourth-order valence-electron chi connectivity index (χ4n) is 5.03. The van der Waals surface area contributed by atoms with Gasteiger partial charge in [-0.15, -0.1) is 0 Å². The number of para-hydroxylation sites is 1. The quantitative estimate of drug-likeness (QED) is 0.454. The molecule has 1 saturated carbocycles. The number of rotatable bonds is 10. The summed E-state index contributed by atoms with van der Waals surface area (Å²) in [6.07, 6.45) is 6.69. The first-order valence-corrected chi connectivity index (χ1v) is 15.1. The molecule has 0 bridgehead atoms. The number of hydrogen-bond acceptors (Lipinski definition) is 4. The summed E-state index contributed by atoms with van der Waals surface area (Å²) in [5.41, 5.74) is 2.80. The van der Waals surface area contributed by atoms with Gasteiger partial charge in [-0.3, -0.25) is 13.9 Å². The van der Waals surface area contributed by atoms with Crippen molar-refractivity contribution in [3.63, 3.8) is 0 Å². The zero-order valence-electron chi connectivity index (χ0n) is 22.2. The number of aryl methyl sites for hydroxylation is 2. The SMILES string of the molecule is CC[C@@H](C(=O)NC1CCCCC1)N(Cc1ccc(Cl)cc1)C(=O)CN(c1c(C)cccc1C)S(C)(=O)=O. The molecule has 0 unspecified atom stereocenters. The van der Waals surface area contributed by atoms with Crippen molar-refractivity contribution in [3.8, 4) is 0 Å². The second-order valence-electron chi connectivity index (χ2n) is 9.93. The molecule has 3 rings (SSSR count). The summed E-state index contributed by atoms with van der Waals surface area (Å²) in [7, 11) is -3.78. The molecule has 7 nitrogen and oxygen atoms in total. The molecule has 0 heterocycles. The highest BCUT2D eigenvalue weighted by Crippen LogP contribution is 2.27. The van der Waals surface area contributed by atoms with Gasteiger partial charge in [0.25, 0.3) is 0 Å². The highest BCUT2D eigenvalue weighted by atomic mass is 35.5. The summed E-state index contributed by atoms with van der Waals surface area (Å²) in [6.45, 7) is 5.28. The summed E-state index contributed by atoms with van der Waals surface area (Å²) in [5.74, 6) is -0.636. The second kappa shape index (κ2) is 12.8. The van der Waals surface area contributed by atoms with Crippen LogP contribution in [0.4, 0.5) is 5.69 Å². The van der Waals surface area contributed by atoms with Gasteiger partial charge < -0.3 is 10.2 Å². The molecule has 1 aliphatic rings. The van der Waals surface area contributed by atoms with Crippen LogP contribution in [0.25, 0.3) is 0 Å². The molecule has 0 aromatic heterocycles. The first kappa shape index (κ1) is 29.0.